The largest absolute Gasteiger partial charge is 0.375 e. The van der Waals surface area contributed by atoms with E-state index in [1.165, 1.54) is 57.8 Å². The van der Waals surface area contributed by atoms with Crippen molar-refractivity contribution in [3.05, 3.63) is 0 Å². The summed E-state index contributed by atoms with van der Waals surface area (Å²) in [6, 6.07) is 0. The normalized spacial score (nSPS) is 30.1. The monoisotopic (exact) mass is 758 g/mol. The molecule has 0 spiro atoms. The van der Waals surface area contributed by atoms with Crippen molar-refractivity contribution < 1.29 is 23.7 Å². The highest BCUT2D eigenvalue weighted by atomic mass is 16.5. The van der Waals surface area contributed by atoms with Gasteiger partial charge in [0.25, 0.3) is 0 Å². The number of hydrogen-bond acceptors (Lipinski definition) is 10. The second-order valence-corrected chi connectivity index (χ2v) is 16.3. The van der Waals surface area contributed by atoms with E-state index in [2.05, 4.69) is 95.8 Å². The van der Waals surface area contributed by atoms with E-state index in [4.69, 9.17) is 23.7 Å². The predicted octanol–water partition coefficient (Wildman–Crippen LogP) is 6.56. The highest BCUT2D eigenvalue weighted by molar-refractivity contribution is 4.84. The third kappa shape index (κ3) is 22.8. The van der Waals surface area contributed by atoms with Gasteiger partial charge in [-0.25, -0.2) is 0 Å². The summed E-state index contributed by atoms with van der Waals surface area (Å²) in [5.74, 6) is 2.12. The fourth-order valence-corrected chi connectivity index (χ4v) is 7.35. The van der Waals surface area contributed by atoms with Crippen molar-refractivity contribution in [2.45, 2.75) is 163 Å². The van der Waals surface area contributed by atoms with Gasteiger partial charge < -0.3 is 50.3 Å². The van der Waals surface area contributed by atoms with E-state index in [0.717, 1.165) is 111 Å². The molecule has 5 aliphatic rings. The van der Waals surface area contributed by atoms with Crippen molar-refractivity contribution in [3.8, 4) is 0 Å². The average Bonchev–Trinajstić information content (AvgIpc) is 3.21. The highest BCUT2D eigenvalue weighted by Gasteiger charge is 2.30. The average molecular weight is 758 g/mol. The number of rotatable bonds is 13. The van der Waals surface area contributed by atoms with E-state index in [1.807, 2.05) is 0 Å². The Hall–Kier alpha value is -0.400. The van der Waals surface area contributed by atoms with Gasteiger partial charge in [0.15, 0.2) is 0 Å². The summed E-state index contributed by atoms with van der Waals surface area (Å²) < 4.78 is 28.3. The Morgan fingerprint density at radius 2 is 1.11 bits per heavy atom. The molecule has 5 fully saturated rings. The molecule has 10 heteroatoms. The van der Waals surface area contributed by atoms with Crippen molar-refractivity contribution in [1.82, 2.24) is 26.6 Å². The summed E-state index contributed by atoms with van der Waals surface area (Å²) in [7, 11) is 0. The SMILES string of the molecule is CC(C)C1CNCCO1.CCC(C)C1CNCCO1.CCCC(CC)C1CNCCO1.CCCC1(CC)CNCCO1.CCCCC1(C)CNCCO1. The van der Waals surface area contributed by atoms with Crippen molar-refractivity contribution in [2.24, 2.45) is 17.8 Å². The number of hydrogen-bond donors (Lipinski definition) is 5. The summed E-state index contributed by atoms with van der Waals surface area (Å²) in [6.45, 7) is 36.9. The molecule has 0 saturated carbocycles. The molecule has 5 aliphatic heterocycles. The lowest BCUT2D eigenvalue weighted by molar-refractivity contribution is -0.0738. The fourth-order valence-electron chi connectivity index (χ4n) is 7.35. The lowest BCUT2D eigenvalue weighted by Gasteiger charge is -2.36. The molecule has 0 bridgehead atoms. The van der Waals surface area contributed by atoms with Gasteiger partial charge >= 0.3 is 0 Å². The first-order valence-electron chi connectivity index (χ1n) is 22.3. The zero-order valence-corrected chi connectivity index (χ0v) is 36.7. The highest BCUT2D eigenvalue weighted by Crippen LogP contribution is 2.23. The molecule has 53 heavy (non-hydrogen) atoms. The molecule has 5 saturated heterocycles. The third-order valence-corrected chi connectivity index (χ3v) is 11.4. The Morgan fingerprint density at radius 3 is 1.49 bits per heavy atom. The van der Waals surface area contributed by atoms with Crippen LogP contribution < -0.4 is 26.6 Å². The van der Waals surface area contributed by atoms with Gasteiger partial charge in [0.2, 0.25) is 0 Å². The minimum absolute atomic E-state index is 0.119. The lowest BCUT2D eigenvalue weighted by Crippen LogP contribution is -2.49. The van der Waals surface area contributed by atoms with Crippen molar-refractivity contribution in [1.29, 1.82) is 0 Å². The quantitative estimate of drug-likeness (QED) is 0.142. The standard InChI is InChI=1S/C10H21NO.2C9H19NO.C8H17NO.C7H15NO/c1-3-5-9(4-2)10-8-11-6-7-12-10;1-3-4-5-9(2)8-10-6-7-11-9;1-3-5-9(4-2)8-10-6-7-11-9;1-3-7(2)8-6-9-4-5-10-8;1-6(2)7-5-8-3-4-9-7/h9-11H,3-8H2,1-2H3;2*10H,3-8H2,1-2H3;7-9H,3-6H2,1-2H3;6-8H,3-5H2,1-2H3. The zero-order chi connectivity index (χ0) is 39.2. The van der Waals surface area contributed by atoms with Gasteiger partial charge in [-0.1, -0.05) is 101 Å². The van der Waals surface area contributed by atoms with E-state index in [1.54, 1.807) is 0 Å². The molecule has 0 aromatic heterocycles. The third-order valence-electron chi connectivity index (χ3n) is 11.4. The Bertz CT molecular complexity index is 786. The van der Waals surface area contributed by atoms with Gasteiger partial charge in [-0.2, -0.15) is 0 Å². The summed E-state index contributed by atoms with van der Waals surface area (Å²) in [4.78, 5) is 0. The van der Waals surface area contributed by atoms with Crippen molar-refractivity contribution >= 4 is 0 Å². The Balaban J connectivity index is 0.000000332. The van der Waals surface area contributed by atoms with E-state index in [9.17, 15) is 0 Å². The maximum Gasteiger partial charge on any atom is 0.0804 e. The van der Waals surface area contributed by atoms with Crippen LogP contribution in [0, 0.1) is 17.8 Å². The van der Waals surface area contributed by atoms with Gasteiger partial charge in [-0.15, -0.1) is 0 Å². The van der Waals surface area contributed by atoms with E-state index in [0.29, 0.717) is 30.1 Å². The van der Waals surface area contributed by atoms with Crippen LogP contribution >= 0.6 is 0 Å². The molecule has 0 aromatic rings. The minimum Gasteiger partial charge on any atom is -0.375 e. The topological polar surface area (TPSA) is 106 Å². The number of ether oxygens (including phenoxy) is 5. The molecule has 0 radical (unpaired) electrons. The van der Waals surface area contributed by atoms with Gasteiger partial charge in [-0.3, -0.25) is 0 Å². The fraction of sp³-hybridized carbons (Fsp3) is 1.00. The zero-order valence-electron chi connectivity index (χ0n) is 36.7. The molecular formula is C43H91N5O5. The maximum atomic E-state index is 5.79. The lowest BCUT2D eigenvalue weighted by atomic mass is 9.93. The van der Waals surface area contributed by atoms with Crippen LogP contribution in [0.25, 0.3) is 0 Å². The van der Waals surface area contributed by atoms with Gasteiger partial charge in [0.1, 0.15) is 0 Å². The summed E-state index contributed by atoms with van der Waals surface area (Å²) >= 11 is 0. The first kappa shape index (κ1) is 50.6. The van der Waals surface area contributed by atoms with Crippen LogP contribution in [0.2, 0.25) is 0 Å². The number of nitrogens with one attached hydrogen (secondary N) is 5. The van der Waals surface area contributed by atoms with Crippen LogP contribution in [0.15, 0.2) is 0 Å². The van der Waals surface area contributed by atoms with Gasteiger partial charge in [0.05, 0.1) is 62.5 Å². The Kier molecular flexibility index (Phi) is 30.2. The van der Waals surface area contributed by atoms with Gasteiger partial charge in [-0.05, 0) is 50.4 Å². The van der Waals surface area contributed by atoms with E-state index < -0.39 is 0 Å². The second kappa shape index (κ2) is 31.7. The van der Waals surface area contributed by atoms with Crippen molar-refractivity contribution in [3.63, 3.8) is 0 Å². The molecule has 0 aromatic carbocycles. The first-order valence-corrected chi connectivity index (χ1v) is 22.3. The van der Waals surface area contributed by atoms with Crippen LogP contribution in [-0.2, 0) is 23.7 Å². The molecule has 0 amide bonds. The van der Waals surface area contributed by atoms with Crippen LogP contribution in [0.3, 0.4) is 0 Å². The second-order valence-electron chi connectivity index (χ2n) is 16.3. The molecular weight excluding hydrogens is 667 g/mol. The molecule has 7 unspecified atom stereocenters. The minimum atomic E-state index is 0.119. The molecule has 7 atom stereocenters. The Labute approximate surface area is 328 Å². The van der Waals surface area contributed by atoms with E-state index in [-0.39, 0.29) is 11.2 Å². The summed E-state index contributed by atoms with van der Waals surface area (Å²) in [6.07, 6.45) is 13.7. The number of unbranched alkanes of at least 4 members (excludes halogenated alkanes) is 1. The first-order chi connectivity index (χ1) is 25.6. The van der Waals surface area contributed by atoms with Gasteiger partial charge in [0, 0.05) is 65.4 Å². The van der Waals surface area contributed by atoms with Crippen molar-refractivity contribution in [2.75, 3.05) is 98.5 Å². The Morgan fingerprint density at radius 1 is 0.566 bits per heavy atom. The van der Waals surface area contributed by atoms with Crippen LogP contribution in [0.5, 0.6) is 0 Å². The van der Waals surface area contributed by atoms with Crippen LogP contribution in [0.1, 0.15) is 133 Å². The van der Waals surface area contributed by atoms with Crippen LogP contribution in [0.4, 0.5) is 0 Å². The summed E-state index contributed by atoms with van der Waals surface area (Å²) in [5, 5.41) is 16.7. The summed E-state index contributed by atoms with van der Waals surface area (Å²) in [5.41, 5.74) is 0.279. The smallest absolute Gasteiger partial charge is 0.0804 e. The predicted molar refractivity (Wildman–Crippen MR) is 224 cm³/mol. The molecule has 318 valence electrons. The van der Waals surface area contributed by atoms with Crippen LogP contribution in [-0.4, -0.2) is 128 Å². The van der Waals surface area contributed by atoms with E-state index >= 15 is 0 Å². The molecule has 5 rings (SSSR count). The molecule has 0 aliphatic carbocycles. The maximum absolute atomic E-state index is 5.79. The molecule has 5 heterocycles. The number of morpholine rings is 5. The molecule has 5 N–H and O–H groups in total. The molecule has 10 nitrogen and oxygen atoms in total.